The molecule has 0 aliphatic rings. The Morgan fingerprint density at radius 2 is 1.86 bits per heavy atom. The molecule has 0 unspecified atom stereocenters. The summed E-state index contributed by atoms with van der Waals surface area (Å²) in [6.07, 6.45) is 2.49. The van der Waals surface area contributed by atoms with Gasteiger partial charge in [0.2, 0.25) is 0 Å². The Balaban J connectivity index is 2.79. The van der Waals surface area contributed by atoms with Gasteiger partial charge in [0.15, 0.2) is 0 Å². The van der Waals surface area contributed by atoms with Gasteiger partial charge in [-0.1, -0.05) is 51.5 Å². The van der Waals surface area contributed by atoms with Crippen molar-refractivity contribution in [2.24, 2.45) is 11.8 Å². The van der Waals surface area contributed by atoms with Gasteiger partial charge >= 0.3 is 0 Å². The lowest BCUT2D eigenvalue weighted by Gasteiger charge is -2.15. The summed E-state index contributed by atoms with van der Waals surface area (Å²) in [5, 5.41) is 3.53. The van der Waals surface area contributed by atoms with Crippen molar-refractivity contribution in [3.05, 3.63) is 35.4 Å². The van der Waals surface area contributed by atoms with Crippen molar-refractivity contribution >= 4 is 6.08 Å². The fourth-order valence-corrected chi connectivity index (χ4v) is 2.09. The second-order valence-electron chi connectivity index (χ2n) is 6.64. The first-order chi connectivity index (χ1) is 9.88. The lowest BCUT2D eigenvalue weighted by atomic mass is 10.00. The molecule has 2 heteroatoms. The third-order valence-electron chi connectivity index (χ3n) is 3.21. The quantitative estimate of drug-likeness (QED) is 0.745. The molecule has 0 bridgehead atoms. The molecular formula is C19H31NO. The molecule has 1 aromatic carbocycles. The molecule has 0 saturated heterocycles. The lowest BCUT2D eigenvalue weighted by molar-refractivity contribution is 0.242. The number of benzene rings is 1. The van der Waals surface area contributed by atoms with Gasteiger partial charge in [-0.15, -0.1) is 0 Å². The van der Waals surface area contributed by atoms with Gasteiger partial charge in [-0.05, 0) is 49.9 Å². The molecule has 1 aromatic rings. The predicted molar refractivity (Wildman–Crippen MR) is 92.7 cm³/mol. The van der Waals surface area contributed by atoms with E-state index in [2.05, 4.69) is 71.1 Å². The molecule has 118 valence electrons. The molecule has 0 atom stereocenters. The first-order valence-corrected chi connectivity index (χ1v) is 8.06. The zero-order valence-corrected chi connectivity index (χ0v) is 14.4. The van der Waals surface area contributed by atoms with Crippen molar-refractivity contribution in [1.29, 1.82) is 0 Å². The van der Waals surface area contributed by atoms with Crippen LogP contribution < -0.4 is 10.1 Å². The zero-order chi connectivity index (χ0) is 15.8. The standard InChI is InChI=1S/C19H31NO/c1-14(2)12-20-13-18(15(3)4)10-17-8-7-9-19(11-17)21-16(5)6/h7-11,14-16,20H,12-13H2,1-6H3. The van der Waals surface area contributed by atoms with E-state index in [4.69, 9.17) is 4.74 Å². The van der Waals surface area contributed by atoms with Crippen LogP contribution in [-0.4, -0.2) is 19.2 Å². The van der Waals surface area contributed by atoms with E-state index in [0.717, 1.165) is 18.8 Å². The summed E-state index contributed by atoms with van der Waals surface area (Å²) in [6, 6.07) is 8.33. The van der Waals surface area contributed by atoms with Crippen LogP contribution in [0.1, 0.15) is 47.1 Å². The molecule has 1 N–H and O–H groups in total. The maximum atomic E-state index is 5.76. The Bertz CT molecular complexity index is 447. The zero-order valence-electron chi connectivity index (χ0n) is 14.4. The van der Waals surface area contributed by atoms with E-state index in [1.807, 2.05) is 6.07 Å². The minimum Gasteiger partial charge on any atom is -0.491 e. The first-order valence-electron chi connectivity index (χ1n) is 8.06. The second-order valence-corrected chi connectivity index (χ2v) is 6.64. The average molecular weight is 289 g/mol. The van der Waals surface area contributed by atoms with Gasteiger partial charge in [0.05, 0.1) is 6.10 Å². The largest absolute Gasteiger partial charge is 0.491 e. The van der Waals surface area contributed by atoms with Gasteiger partial charge in [0.25, 0.3) is 0 Å². The van der Waals surface area contributed by atoms with E-state index in [-0.39, 0.29) is 6.10 Å². The van der Waals surface area contributed by atoms with Crippen LogP contribution in [0.15, 0.2) is 29.8 Å². The average Bonchev–Trinajstić information content (AvgIpc) is 2.36. The number of ether oxygens (including phenoxy) is 1. The van der Waals surface area contributed by atoms with E-state index < -0.39 is 0 Å². The molecule has 0 aromatic heterocycles. The molecule has 0 aliphatic carbocycles. The molecule has 1 rings (SSSR count). The molecule has 0 amide bonds. The number of hydrogen-bond donors (Lipinski definition) is 1. The van der Waals surface area contributed by atoms with Crippen molar-refractivity contribution in [2.45, 2.75) is 47.6 Å². The fourth-order valence-electron chi connectivity index (χ4n) is 2.09. The Labute approximate surface area is 130 Å². The van der Waals surface area contributed by atoms with Crippen LogP contribution >= 0.6 is 0 Å². The molecule has 0 saturated carbocycles. The van der Waals surface area contributed by atoms with Crippen molar-refractivity contribution < 1.29 is 4.74 Å². The van der Waals surface area contributed by atoms with Crippen molar-refractivity contribution in [3.8, 4) is 5.75 Å². The minimum absolute atomic E-state index is 0.210. The van der Waals surface area contributed by atoms with E-state index in [1.54, 1.807) is 0 Å². The SMILES string of the molecule is CC(C)CNCC(=Cc1cccc(OC(C)C)c1)C(C)C. The molecule has 0 spiro atoms. The lowest BCUT2D eigenvalue weighted by Crippen LogP contribution is -2.23. The summed E-state index contributed by atoms with van der Waals surface area (Å²) >= 11 is 0. The van der Waals surface area contributed by atoms with Gasteiger partial charge in [-0.2, -0.15) is 0 Å². The van der Waals surface area contributed by atoms with Gasteiger partial charge in [-0.25, -0.2) is 0 Å². The fraction of sp³-hybridized carbons (Fsp3) is 0.579. The smallest absolute Gasteiger partial charge is 0.120 e. The summed E-state index contributed by atoms with van der Waals surface area (Å²) < 4.78 is 5.76. The highest BCUT2D eigenvalue weighted by Gasteiger charge is 2.05. The molecule has 0 heterocycles. The topological polar surface area (TPSA) is 21.3 Å². The monoisotopic (exact) mass is 289 g/mol. The summed E-state index contributed by atoms with van der Waals surface area (Å²) in [5.41, 5.74) is 2.64. The van der Waals surface area contributed by atoms with Crippen LogP contribution in [0, 0.1) is 11.8 Å². The van der Waals surface area contributed by atoms with Crippen molar-refractivity contribution in [3.63, 3.8) is 0 Å². The summed E-state index contributed by atoms with van der Waals surface area (Å²) in [5.74, 6) is 2.16. The highest BCUT2D eigenvalue weighted by molar-refractivity contribution is 5.55. The van der Waals surface area contributed by atoms with Gasteiger partial charge < -0.3 is 10.1 Å². The van der Waals surface area contributed by atoms with Crippen LogP contribution in [0.3, 0.4) is 0 Å². The third-order valence-corrected chi connectivity index (χ3v) is 3.21. The van der Waals surface area contributed by atoms with Crippen LogP contribution in [0.4, 0.5) is 0 Å². The number of hydrogen-bond acceptors (Lipinski definition) is 2. The molecule has 2 nitrogen and oxygen atoms in total. The highest BCUT2D eigenvalue weighted by atomic mass is 16.5. The summed E-state index contributed by atoms with van der Waals surface area (Å²) in [7, 11) is 0. The van der Waals surface area contributed by atoms with E-state index >= 15 is 0 Å². The van der Waals surface area contributed by atoms with Gasteiger partial charge in [0, 0.05) is 6.54 Å². The van der Waals surface area contributed by atoms with Crippen LogP contribution in [0.2, 0.25) is 0 Å². The maximum absolute atomic E-state index is 5.76. The molecule has 0 fully saturated rings. The Hall–Kier alpha value is -1.28. The molecular weight excluding hydrogens is 258 g/mol. The molecule has 0 radical (unpaired) electrons. The normalized spacial score (nSPS) is 12.5. The van der Waals surface area contributed by atoms with E-state index in [0.29, 0.717) is 11.8 Å². The number of rotatable bonds is 8. The Morgan fingerprint density at radius 1 is 1.14 bits per heavy atom. The molecule has 21 heavy (non-hydrogen) atoms. The van der Waals surface area contributed by atoms with Crippen molar-refractivity contribution in [2.75, 3.05) is 13.1 Å². The predicted octanol–water partition coefficient (Wildman–Crippen LogP) is 4.76. The van der Waals surface area contributed by atoms with Crippen molar-refractivity contribution in [1.82, 2.24) is 5.32 Å². The van der Waals surface area contributed by atoms with Crippen LogP contribution in [0.25, 0.3) is 6.08 Å². The van der Waals surface area contributed by atoms with E-state index in [1.165, 1.54) is 11.1 Å². The summed E-state index contributed by atoms with van der Waals surface area (Å²) in [6.45, 7) is 15.1. The van der Waals surface area contributed by atoms with Gasteiger partial charge in [0.1, 0.15) is 5.75 Å². The first kappa shape index (κ1) is 17.8. The highest BCUT2D eigenvalue weighted by Crippen LogP contribution is 2.19. The third kappa shape index (κ3) is 7.33. The molecule has 0 aliphatic heterocycles. The second kappa shape index (κ2) is 8.89. The van der Waals surface area contributed by atoms with Gasteiger partial charge in [-0.3, -0.25) is 0 Å². The Kier molecular flexibility index (Phi) is 7.52. The Morgan fingerprint density at radius 3 is 2.43 bits per heavy atom. The number of nitrogens with one attached hydrogen (secondary N) is 1. The van der Waals surface area contributed by atoms with E-state index in [9.17, 15) is 0 Å². The van der Waals surface area contributed by atoms with Crippen LogP contribution in [-0.2, 0) is 0 Å². The summed E-state index contributed by atoms with van der Waals surface area (Å²) in [4.78, 5) is 0. The maximum Gasteiger partial charge on any atom is 0.120 e. The van der Waals surface area contributed by atoms with Crippen LogP contribution in [0.5, 0.6) is 5.75 Å². The minimum atomic E-state index is 0.210.